The van der Waals surface area contributed by atoms with Crippen molar-refractivity contribution in [1.82, 2.24) is 0 Å². The Morgan fingerprint density at radius 2 is 2.15 bits per heavy atom. The fourth-order valence-electron chi connectivity index (χ4n) is 0.928. The molecule has 0 spiro atoms. The highest BCUT2D eigenvalue weighted by atomic mass is 35.5. The second-order valence-corrected chi connectivity index (χ2v) is 3.20. The van der Waals surface area contributed by atoms with Crippen molar-refractivity contribution in [2.75, 3.05) is 0 Å². The number of carbonyl (C=O) groups is 2. The smallest absolute Gasteiger partial charge is 0.339 e. The molecule has 0 radical (unpaired) electrons. The number of ketones is 1. The molecule has 0 saturated heterocycles. The standard InChI is InChI=1S/C7H5Cl2NO3/c1-2-3(7(12)13)5(8)10-6(9)4(2)11/h6H,1H3,(H,12,13). The first kappa shape index (κ1) is 10.2. The van der Waals surface area contributed by atoms with Crippen LogP contribution < -0.4 is 0 Å². The van der Waals surface area contributed by atoms with Crippen molar-refractivity contribution in [1.29, 1.82) is 0 Å². The van der Waals surface area contributed by atoms with E-state index >= 15 is 0 Å². The lowest BCUT2D eigenvalue weighted by molar-refractivity contribution is -0.132. The molecule has 0 aromatic rings. The third kappa shape index (κ3) is 1.73. The summed E-state index contributed by atoms with van der Waals surface area (Å²) in [6.07, 6.45) is 0. The van der Waals surface area contributed by atoms with Gasteiger partial charge in [-0.1, -0.05) is 23.2 Å². The van der Waals surface area contributed by atoms with Crippen molar-refractivity contribution in [3.05, 3.63) is 11.1 Å². The van der Waals surface area contributed by atoms with Gasteiger partial charge in [0.1, 0.15) is 10.7 Å². The first-order valence-electron chi connectivity index (χ1n) is 3.31. The third-order valence-corrected chi connectivity index (χ3v) is 2.19. The summed E-state index contributed by atoms with van der Waals surface area (Å²) in [7, 11) is 0. The van der Waals surface area contributed by atoms with E-state index in [2.05, 4.69) is 4.99 Å². The largest absolute Gasteiger partial charge is 0.478 e. The SMILES string of the molecule is CC1=C(C(=O)O)C(Cl)=NC(Cl)C1=O. The molecule has 0 bridgehead atoms. The van der Waals surface area contributed by atoms with Crippen LogP contribution in [0.25, 0.3) is 0 Å². The molecule has 6 heteroatoms. The molecule has 1 rings (SSSR count). The Morgan fingerprint density at radius 3 is 2.62 bits per heavy atom. The molecular formula is C7H5Cl2NO3. The van der Waals surface area contributed by atoms with E-state index in [-0.39, 0.29) is 16.3 Å². The zero-order valence-corrected chi connectivity index (χ0v) is 8.06. The van der Waals surface area contributed by atoms with Crippen molar-refractivity contribution in [3.8, 4) is 0 Å². The van der Waals surface area contributed by atoms with E-state index < -0.39 is 17.3 Å². The van der Waals surface area contributed by atoms with Gasteiger partial charge in [0.15, 0.2) is 11.3 Å². The summed E-state index contributed by atoms with van der Waals surface area (Å²) in [6.45, 7) is 1.36. The maximum absolute atomic E-state index is 11.2. The van der Waals surface area contributed by atoms with Gasteiger partial charge in [-0.3, -0.25) is 4.79 Å². The molecule has 1 unspecified atom stereocenters. The molecule has 70 valence electrons. The van der Waals surface area contributed by atoms with Crippen molar-refractivity contribution in [2.24, 2.45) is 4.99 Å². The molecule has 1 aliphatic rings. The Hall–Kier alpha value is -0.870. The Balaban J connectivity index is 3.25. The zero-order valence-electron chi connectivity index (χ0n) is 6.54. The minimum atomic E-state index is -1.27. The summed E-state index contributed by atoms with van der Waals surface area (Å²) in [5, 5.41) is 8.43. The minimum absolute atomic E-state index is 0.0347. The van der Waals surface area contributed by atoms with Crippen LogP contribution in [0.1, 0.15) is 6.92 Å². The predicted octanol–water partition coefficient (Wildman–Crippen LogP) is 1.17. The molecule has 0 aromatic heterocycles. The van der Waals surface area contributed by atoms with E-state index in [1.807, 2.05) is 0 Å². The fourth-order valence-corrected chi connectivity index (χ4v) is 1.56. The highest BCUT2D eigenvalue weighted by Gasteiger charge is 2.30. The van der Waals surface area contributed by atoms with E-state index in [1.54, 1.807) is 0 Å². The van der Waals surface area contributed by atoms with Gasteiger partial charge in [-0.15, -0.1) is 0 Å². The lowest BCUT2D eigenvalue weighted by atomic mass is 10.0. The van der Waals surface area contributed by atoms with Crippen LogP contribution in [-0.4, -0.2) is 27.5 Å². The zero-order chi connectivity index (χ0) is 10.2. The van der Waals surface area contributed by atoms with Crippen LogP contribution in [0.4, 0.5) is 0 Å². The van der Waals surface area contributed by atoms with Crippen molar-refractivity contribution >= 4 is 40.1 Å². The maximum atomic E-state index is 11.2. The first-order valence-corrected chi connectivity index (χ1v) is 4.12. The van der Waals surface area contributed by atoms with Crippen molar-refractivity contribution in [3.63, 3.8) is 0 Å². The van der Waals surface area contributed by atoms with Crippen LogP contribution in [0.2, 0.25) is 0 Å². The van der Waals surface area contributed by atoms with Crippen LogP contribution in [0, 0.1) is 0 Å². The average Bonchev–Trinajstić information content (AvgIpc) is 1.99. The van der Waals surface area contributed by atoms with Crippen molar-refractivity contribution < 1.29 is 14.7 Å². The van der Waals surface area contributed by atoms with Crippen LogP contribution >= 0.6 is 23.2 Å². The van der Waals surface area contributed by atoms with Gasteiger partial charge in [0.25, 0.3) is 0 Å². The number of dihydropyridines is 1. The molecule has 13 heavy (non-hydrogen) atoms. The van der Waals surface area contributed by atoms with Gasteiger partial charge in [-0.05, 0) is 6.92 Å². The van der Waals surface area contributed by atoms with E-state index in [4.69, 9.17) is 28.3 Å². The Bertz CT molecular complexity index is 346. The molecule has 0 fully saturated rings. The summed E-state index contributed by atoms with van der Waals surface area (Å²) < 4.78 is 0. The van der Waals surface area contributed by atoms with Crippen LogP contribution in [-0.2, 0) is 9.59 Å². The second-order valence-electron chi connectivity index (χ2n) is 2.43. The van der Waals surface area contributed by atoms with E-state index in [0.29, 0.717) is 0 Å². The maximum Gasteiger partial charge on any atom is 0.339 e. The Kier molecular flexibility index (Phi) is 2.73. The average molecular weight is 222 g/mol. The molecule has 0 saturated carbocycles. The number of halogens is 2. The first-order chi connectivity index (χ1) is 5.95. The predicted molar refractivity (Wildman–Crippen MR) is 48.3 cm³/mol. The third-order valence-electron chi connectivity index (χ3n) is 1.61. The van der Waals surface area contributed by atoms with Gasteiger partial charge in [0.05, 0.1) is 0 Å². The quantitative estimate of drug-likeness (QED) is 0.534. The Labute approximate surface area is 83.9 Å². The molecular weight excluding hydrogens is 217 g/mol. The topological polar surface area (TPSA) is 66.7 Å². The number of carboxylic acid groups (broad SMARTS) is 1. The van der Waals surface area contributed by atoms with Gasteiger partial charge in [-0.2, -0.15) is 0 Å². The summed E-state index contributed by atoms with van der Waals surface area (Å²) in [5.74, 6) is -1.80. The van der Waals surface area contributed by atoms with Crippen LogP contribution in [0.3, 0.4) is 0 Å². The minimum Gasteiger partial charge on any atom is -0.478 e. The lowest BCUT2D eigenvalue weighted by Crippen LogP contribution is -2.25. The summed E-state index contributed by atoms with van der Waals surface area (Å²) in [6, 6.07) is 0. The second kappa shape index (κ2) is 3.47. The highest BCUT2D eigenvalue weighted by Crippen LogP contribution is 2.21. The monoisotopic (exact) mass is 221 g/mol. The van der Waals surface area contributed by atoms with Gasteiger partial charge in [-0.25, -0.2) is 9.79 Å². The number of rotatable bonds is 1. The number of Topliss-reactive ketones (excluding diaryl/α,β-unsaturated/α-hetero) is 1. The molecule has 4 nitrogen and oxygen atoms in total. The van der Waals surface area contributed by atoms with Crippen LogP contribution in [0.5, 0.6) is 0 Å². The van der Waals surface area contributed by atoms with Gasteiger partial charge in [0, 0.05) is 5.57 Å². The molecule has 0 aromatic carbocycles. The summed E-state index contributed by atoms with van der Waals surface area (Å²) in [5.41, 5.74) is -1.34. The number of aliphatic carboxylic acids is 1. The number of carbonyl (C=O) groups excluding carboxylic acids is 1. The Morgan fingerprint density at radius 1 is 1.62 bits per heavy atom. The molecule has 1 atom stereocenters. The van der Waals surface area contributed by atoms with Gasteiger partial charge < -0.3 is 5.11 Å². The van der Waals surface area contributed by atoms with E-state index in [1.165, 1.54) is 6.92 Å². The molecule has 1 aliphatic heterocycles. The molecule has 1 heterocycles. The lowest BCUT2D eigenvalue weighted by Gasteiger charge is -2.13. The number of nitrogens with zero attached hydrogens (tertiary/aromatic N) is 1. The number of alkyl halides is 1. The number of hydrogen-bond donors (Lipinski definition) is 1. The fraction of sp³-hybridized carbons (Fsp3) is 0.286. The van der Waals surface area contributed by atoms with E-state index in [9.17, 15) is 9.59 Å². The molecule has 0 aliphatic carbocycles. The summed E-state index contributed by atoms with van der Waals surface area (Å²) >= 11 is 11.0. The number of carboxylic acids is 1. The van der Waals surface area contributed by atoms with E-state index in [0.717, 1.165) is 0 Å². The summed E-state index contributed by atoms with van der Waals surface area (Å²) in [4.78, 5) is 25.3. The number of hydrogen-bond acceptors (Lipinski definition) is 3. The highest BCUT2D eigenvalue weighted by molar-refractivity contribution is 6.73. The molecule has 1 N–H and O–H groups in total. The van der Waals surface area contributed by atoms with Crippen molar-refractivity contribution in [2.45, 2.75) is 12.4 Å². The molecule has 0 amide bonds. The normalized spacial score (nSPS) is 23.2. The van der Waals surface area contributed by atoms with Crippen LogP contribution in [0.15, 0.2) is 16.1 Å². The number of aliphatic imine (C=N–C) groups is 1. The van der Waals surface area contributed by atoms with Gasteiger partial charge >= 0.3 is 5.97 Å². The van der Waals surface area contributed by atoms with Gasteiger partial charge in [0.2, 0.25) is 0 Å².